The van der Waals surface area contributed by atoms with Crippen molar-refractivity contribution in [2.45, 2.75) is 18.4 Å². The quantitative estimate of drug-likeness (QED) is 0.612. The van der Waals surface area contributed by atoms with Gasteiger partial charge in [-0.2, -0.15) is 0 Å². The Morgan fingerprint density at radius 1 is 1.60 bits per heavy atom. The maximum Gasteiger partial charge on any atom is 0.0565 e. The summed E-state index contributed by atoms with van der Waals surface area (Å²) in [5.74, 6) is 0. The molecular formula is C8H12N2. The average molecular weight is 136 g/mol. The summed E-state index contributed by atoms with van der Waals surface area (Å²) in [4.78, 5) is 0. The number of nitrogens with two attached hydrogens (primary N) is 1. The highest BCUT2D eigenvalue weighted by atomic mass is 15.0. The molecule has 0 aromatic carbocycles. The zero-order chi connectivity index (χ0) is 7.19. The van der Waals surface area contributed by atoms with Crippen molar-refractivity contribution >= 4 is 0 Å². The van der Waals surface area contributed by atoms with Crippen LogP contribution >= 0.6 is 0 Å². The molecule has 0 amide bonds. The molecule has 2 nitrogen and oxygen atoms in total. The van der Waals surface area contributed by atoms with Crippen molar-refractivity contribution in [1.29, 1.82) is 0 Å². The van der Waals surface area contributed by atoms with Crippen LogP contribution in [-0.4, -0.2) is 4.57 Å². The van der Waals surface area contributed by atoms with Crippen LogP contribution in [0.1, 0.15) is 18.5 Å². The number of aromatic nitrogens is 1. The molecule has 0 saturated heterocycles. The first kappa shape index (κ1) is 5.98. The van der Waals surface area contributed by atoms with Gasteiger partial charge >= 0.3 is 0 Å². The first-order valence-corrected chi connectivity index (χ1v) is 3.63. The van der Waals surface area contributed by atoms with Crippen molar-refractivity contribution in [3.8, 4) is 0 Å². The Labute approximate surface area is 60.6 Å². The third kappa shape index (κ3) is 0.688. The van der Waals surface area contributed by atoms with Crippen LogP contribution in [0.25, 0.3) is 0 Å². The highest BCUT2D eigenvalue weighted by Gasteiger charge is 2.41. The van der Waals surface area contributed by atoms with E-state index in [0.717, 1.165) is 12.8 Å². The van der Waals surface area contributed by atoms with Gasteiger partial charge in [0.05, 0.1) is 5.54 Å². The molecule has 1 saturated carbocycles. The lowest BCUT2D eigenvalue weighted by atomic mass is 10.2. The van der Waals surface area contributed by atoms with Crippen molar-refractivity contribution in [2.75, 3.05) is 0 Å². The van der Waals surface area contributed by atoms with Crippen molar-refractivity contribution in [3.05, 3.63) is 24.0 Å². The minimum atomic E-state index is 0.0260. The summed E-state index contributed by atoms with van der Waals surface area (Å²) in [6.45, 7) is 0. The van der Waals surface area contributed by atoms with Gasteiger partial charge in [-0.1, -0.05) is 0 Å². The minimum absolute atomic E-state index is 0.0260. The zero-order valence-corrected chi connectivity index (χ0v) is 6.17. The molecular weight excluding hydrogens is 124 g/mol. The molecule has 1 aromatic rings. The van der Waals surface area contributed by atoms with Crippen LogP contribution in [0.4, 0.5) is 0 Å². The normalized spacial score (nSPS) is 21.0. The predicted octanol–water partition coefficient (Wildman–Crippen LogP) is 0.973. The fourth-order valence-corrected chi connectivity index (χ4v) is 1.37. The van der Waals surface area contributed by atoms with E-state index in [0.29, 0.717) is 0 Å². The van der Waals surface area contributed by atoms with Crippen LogP contribution in [0, 0.1) is 0 Å². The molecule has 1 aliphatic carbocycles. The highest BCUT2D eigenvalue weighted by Crippen LogP contribution is 2.42. The Bertz CT molecular complexity index is 246. The largest absolute Gasteiger partial charge is 0.353 e. The number of hydrogen-bond donors (Lipinski definition) is 1. The van der Waals surface area contributed by atoms with E-state index in [9.17, 15) is 0 Å². The lowest BCUT2D eigenvalue weighted by Gasteiger charge is -2.08. The lowest BCUT2D eigenvalue weighted by molar-refractivity contribution is 0.658. The molecule has 2 N–H and O–H groups in total. The van der Waals surface area contributed by atoms with E-state index < -0.39 is 0 Å². The predicted molar refractivity (Wildman–Crippen MR) is 40.5 cm³/mol. The van der Waals surface area contributed by atoms with Crippen LogP contribution < -0.4 is 5.73 Å². The van der Waals surface area contributed by atoms with Crippen LogP contribution in [0.2, 0.25) is 0 Å². The molecule has 2 rings (SSSR count). The minimum Gasteiger partial charge on any atom is -0.353 e. The summed E-state index contributed by atoms with van der Waals surface area (Å²) in [5.41, 5.74) is 7.29. The van der Waals surface area contributed by atoms with Gasteiger partial charge in [0.25, 0.3) is 0 Å². The van der Waals surface area contributed by atoms with E-state index in [4.69, 9.17) is 5.73 Å². The monoisotopic (exact) mass is 136 g/mol. The number of nitrogens with zero attached hydrogens (tertiary/aromatic N) is 1. The summed E-state index contributed by atoms with van der Waals surface area (Å²) >= 11 is 0. The summed E-state index contributed by atoms with van der Waals surface area (Å²) in [6.07, 6.45) is 4.33. The fraction of sp³-hybridized carbons (Fsp3) is 0.500. The van der Waals surface area contributed by atoms with Gasteiger partial charge < -0.3 is 10.3 Å². The van der Waals surface area contributed by atoms with Gasteiger partial charge in [0.15, 0.2) is 0 Å². The van der Waals surface area contributed by atoms with E-state index in [2.05, 4.69) is 10.6 Å². The number of aryl methyl sites for hydroxylation is 1. The second-order valence-electron chi connectivity index (χ2n) is 3.16. The Balaban J connectivity index is 2.42. The maximum atomic E-state index is 5.99. The Kier molecular flexibility index (Phi) is 0.980. The maximum absolute atomic E-state index is 5.99. The van der Waals surface area contributed by atoms with Crippen LogP contribution in [0.5, 0.6) is 0 Å². The molecule has 0 bridgehead atoms. The third-order valence-electron chi connectivity index (χ3n) is 2.24. The first-order chi connectivity index (χ1) is 4.72. The Morgan fingerprint density at radius 2 is 2.30 bits per heavy atom. The molecule has 0 spiro atoms. The SMILES string of the molecule is Cn1cccc1C1(N)CC1. The number of rotatable bonds is 1. The summed E-state index contributed by atoms with van der Waals surface area (Å²) < 4.78 is 2.10. The van der Waals surface area contributed by atoms with Crippen molar-refractivity contribution in [3.63, 3.8) is 0 Å². The molecule has 1 aromatic heterocycles. The van der Waals surface area contributed by atoms with Crippen LogP contribution in [0.15, 0.2) is 18.3 Å². The average Bonchev–Trinajstić information content (AvgIpc) is 2.44. The van der Waals surface area contributed by atoms with Crippen molar-refractivity contribution in [2.24, 2.45) is 12.8 Å². The molecule has 10 heavy (non-hydrogen) atoms. The van der Waals surface area contributed by atoms with E-state index in [1.54, 1.807) is 0 Å². The van der Waals surface area contributed by atoms with Crippen LogP contribution in [0.3, 0.4) is 0 Å². The topological polar surface area (TPSA) is 30.9 Å². The van der Waals surface area contributed by atoms with Gasteiger partial charge in [-0.05, 0) is 25.0 Å². The Morgan fingerprint density at radius 3 is 2.70 bits per heavy atom. The van der Waals surface area contributed by atoms with Gasteiger partial charge in [-0.25, -0.2) is 0 Å². The van der Waals surface area contributed by atoms with Crippen molar-refractivity contribution < 1.29 is 0 Å². The van der Waals surface area contributed by atoms with E-state index >= 15 is 0 Å². The van der Waals surface area contributed by atoms with Gasteiger partial charge in [0.1, 0.15) is 0 Å². The van der Waals surface area contributed by atoms with Gasteiger partial charge in [0, 0.05) is 18.9 Å². The summed E-state index contributed by atoms with van der Waals surface area (Å²) in [6, 6.07) is 4.15. The van der Waals surface area contributed by atoms with Crippen molar-refractivity contribution in [1.82, 2.24) is 4.57 Å². The van der Waals surface area contributed by atoms with E-state index in [1.165, 1.54) is 5.69 Å². The standard InChI is InChI=1S/C8H12N2/c1-10-6-2-3-7(10)8(9)4-5-8/h2-3,6H,4-5,9H2,1H3. The molecule has 1 fully saturated rings. The van der Waals surface area contributed by atoms with Gasteiger partial charge in [0.2, 0.25) is 0 Å². The highest BCUT2D eigenvalue weighted by molar-refractivity contribution is 5.23. The smallest absolute Gasteiger partial charge is 0.0565 e. The zero-order valence-electron chi connectivity index (χ0n) is 6.17. The molecule has 0 atom stereocenters. The molecule has 1 heterocycles. The van der Waals surface area contributed by atoms with Gasteiger partial charge in [-0.15, -0.1) is 0 Å². The van der Waals surface area contributed by atoms with E-state index in [1.807, 2.05) is 19.3 Å². The number of hydrogen-bond acceptors (Lipinski definition) is 1. The van der Waals surface area contributed by atoms with E-state index in [-0.39, 0.29) is 5.54 Å². The molecule has 0 unspecified atom stereocenters. The molecule has 54 valence electrons. The Hall–Kier alpha value is -0.760. The first-order valence-electron chi connectivity index (χ1n) is 3.63. The molecule has 0 radical (unpaired) electrons. The molecule has 0 aliphatic heterocycles. The second-order valence-corrected chi connectivity index (χ2v) is 3.16. The summed E-state index contributed by atoms with van der Waals surface area (Å²) in [7, 11) is 2.04. The fourth-order valence-electron chi connectivity index (χ4n) is 1.37. The van der Waals surface area contributed by atoms with Gasteiger partial charge in [-0.3, -0.25) is 0 Å². The lowest BCUT2D eigenvalue weighted by Crippen LogP contribution is -2.21. The summed E-state index contributed by atoms with van der Waals surface area (Å²) in [5, 5.41) is 0. The molecule has 2 heteroatoms. The third-order valence-corrected chi connectivity index (χ3v) is 2.24. The molecule has 1 aliphatic rings. The second kappa shape index (κ2) is 1.64. The van der Waals surface area contributed by atoms with Crippen LogP contribution in [-0.2, 0) is 12.6 Å².